The van der Waals surface area contributed by atoms with Gasteiger partial charge in [-0.15, -0.1) is 0 Å². The van der Waals surface area contributed by atoms with E-state index in [0.29, 0.717) is 39.8 Å². The van der Waals surface area contributed by atoms with Gasteiger partial charge in [0.15, 0.2) is 17.2 Å². The Morgan fingerprint density at radius 2 is 1.49 bits per heavy atom. The summed E-state index contributed by atoms with van der Waals surface area (Å²) in [4.78, 5) is 1.89. The van der Waals surface area contributed by atoms with E-state index in [0.717, 1.165) is 22.3 Å². The summed E-state index contributed by atoms with van der Waals surface area (Å²) in [5, 5.41) is 0. The van der Waals surface area contributed by atoms with Crippen LogP contribution in [0.3, 0.4) is 0 Å². The normalized spacial score (nSPS) is 18.5. The number of hydrogen-bond donors (Lipinski definition) is 2. The Balaban J connectivity index is 1.35. The van der Waals surface area contributed by atoms with E-state index >= 15 is 0 Å². The molecule has 2 N–H and O–H groups in total. The lowest BCUT2D eigenvalue weighted by molar-refractivity contribution is -0.879. The topological polar surface area (TPSA) is 156 Å². The molecule has 0 saturated heterocycles. The summed E-state index contributed by atoms with van der Waals surface area (Å²) >= 11 is 0. The smallest absolute Gasteiger partial charge is 0.399 e. The Morgan fingerprint density at radius 3 is 2.09 bits per heavy atom. The van der Waals surface area contributed by atoms with Gasteiger partial charge in [-0.25, -0.2) is 21.7 Å². The van der Waals surface area contributed by atoms with Crippen molar-refractivity contribution in [1.82, 2.24) is 0 Å². The van der Waals surface area contributed by atoms with Gasteiger partial charge < -0.3 is 14.0 Å². The third-order valence-electron chi connectivity index (χ3n) is 7.64. The first-order valence-electron chi connectivity index (χ1n) is 14.5. The number of nitrogens with one attached hydrogen (secondary N) is 1. The fourth-order valence-electron chi connectivity index (χ4n) is 5.38. The number of nitrogens with zero attached hydrogens (tertiary/aromatic N) is 1. The lowest BCUT2D eigenvalue weighted by atomic mass is 10.0. The maximum atomic E-state index is 11.5. The summed E-state index contributed by atoms with van der Waals surface area (Å²) in [7, 11) is -9.79. The minimum Gasteiger partial charge on any atom is -0.725 e. The molecule has 0 bridgehead atoms. The number of rotatable bonds is 11. The van der Waals surface area contributed by atoms with E-state index in [9.17, 15) is 25.9 Å². The highest BCUT2D eigenvalue weighted by Crippen LogP contribution is 2.42. The van der Waals surface area contributed by atoms with E-state index in [-0.39, 0.29) is 5.88 Å². The van der Waals surface area contributed by atoms with Crippen molar-refractivity contribution in [2.75, 3.05) is 18.4 Å². The summed E-state index contributed by atoms with van der Waals surface area (Å²) in [6.07, 6.45) is 3.06. The second kappa shape index (κ2) is 13.3. The first-order chi connectivity index (χ1) is 22.5. The Kier molecular flexibility index (Phi) is 9.16. The van der Waals surface area contributed by atoms with Crippen molar-refractivity contribution in [3.63, 3.8) is 0 Å². The Hall–Kier alpha value is -4.54. The molecule has 4 aromatic rings. The number of allylic oxidation sites excluding steroid dienone is 2. The molecule has 0 aromatic heterocycles. The highest BCUT2D eigenvalue weighted by Gasteiger charge is 2.37. The molecule has 4 aromatic carbocycles. The maximum absolute atomic E-state index is 11.5. The van der Waals surface area contributed by atoms with Crippen LogP contribution < -0.4 is 19.3 Å². The molecule has 244 valence electrons. The first kappa shape index (κ1) is 32.4. The van der Waals surface area contributed by atoms with E-state index in [1.165, 1.54) is 4.90 Å². The predicted molar refractivity (Wildman–Crippen MR) is 172 cm³/mol. The van der Waals surface area contributed by atoms with Gasteiger partial charge in [-0.1, -0.05) is 79.7 Å². The number of fused-ring (bicyclic) bond motifs is 2. The fraction of sp³-hybridized carbons (Fsp3) is 0.152. The zero-order valence-electron chi connectivity index (χ0n) is 25.0. The van der Waals surface area contributed by atoms with Gasteiger partial charge in [-0.2, -0.15) is 8.42 Å². The predicted octanol–water partition coefficient (Wildman–Crippen LogP) is 4.54. The van der Waals surface area contributed by atoms with Crippen LogP contribution >= 0.6 is 0 Å². The van der Waals surface area contributed by atoms with Crippen molar-refractivity contribution >= 4 is 32.2 Å². The monoisotopic (exact) mass is 678 g/mol. The quantitative estimate of drug-likeness (QED) is 0.170. The number of anilines is 1. The van der Waals surface area contributed by atoms with E-state index in [1.807, 2.05) is 91.9 Å². The zero-order chi connectivity index (χ0) is 33.2. The summed E-state index contributed by atoms with van der Waals surface area (Å²) in [6, 6.07) is 30.1. The molecule has 0 saturated carbocycles. The molecule has 6 rings (SSSR count). The average molecular weight is 679 g/mol. The molecular weight excluding hydrogens is 649 g/mol. The molecule has 0 fully saturated rings. The molecule has 0 radical (unpaired) electrons. The number of quaternary nitrogens is 1. The van der Waals surface area contributed by atoms with Crippen molar-refractivity contribution in [3.05, 3.63) is 121 Å². The van der Waals surface area contributed by atoms with Gasteiger partial charge in [0, 0.05) is 18.2 Å². The molecule has 0 spiro atoms. The maximum Gasteiger partial charge on any atom is 0.399 e. The Bertz CT molecular complexity index is 2050. The summed E-state index contributed by atoms with van der Waals surface area (Å²) in [5.74, 6) is 1.13. The van der Waals surface area contributed by atoms with Gasteiger partial charge in [-0.3, -0.25) is 9.45 Å². The van der Waals surface area contributed by atoms with Crippen LogP contribution in [-0.2, 0) is 29.2 Å². The van der Waals surface area contributed by atoms with Crippen LogP contribution in [0.5, 0.6) is 11.5 Å². The average Bonchev–Trinajstić information content (AvgIpc) is 3.58. The van der Waals surface area contributed by atoms with E-state index in [4.69, 9.17) is 17.8 Å². The molecule has 2 aliphatic rings. The molecule has 14 heteroatoms. The molecule has 0 aliphatic carbocycles. The van der Waals surface area contributed by atoms with Gasteiger partial charge in [0.2, 0.25) is 23.0 Å². The highest BCUT2D eigenvalue weighted by atomic mass is 32.3. The van der Waals surface area contributed by atoms with Crippen molar-refractivity contribution in [1.29, 1.82) is 0 Å². The van der Waals surface area contributed by atoms with Gasteiger partial charge in [0.05, 0.1) is 5.69 Å². The Morgan fingerprint density at radius 1 is 0.872 bits per heavy atom. The zero-order valence-corrected chi connectivity index (χ0v) is 26.6. The van der Waals surface area contributed by atoms with E-state index < -0.39 is 40.5 Å². The second-order valence-corrected chi connectivity index (χ2v) is 12.8. The molecular formula is C33H30N2O10S2. The van der Waals surface area contributed by atoms with Gasteiger partial charge >= 0.3 is 10.4 Å². The number of hydrogen-bond acceptors (Lipinski definition) is 10. The standard InChI is InChI=1S/C33H30N2O10S2/c1-2-23(17-32-34(21-42-46(36,37)38)28-19-26(13-15-30(28)44-32)24-9-5-3-6-10-24)18-33-35(22-43-47(39,40)41)29-20-27(14-16-31(29)45-33)25-11-7-4-8-12-25/h3-20,32H,2,21-22H2,1H3,(H,36,37,38)(H,39,40,41)/b23-17-,33-18+. The molecule has 47 heavy (non-hydrogen) atoms. The Labute approximate surface area is 272 Å². The lowest BCUT2D eigenvalue weighted by Gasteiger charge is -2.20. The molecule has 2 unspecified atom stereocenters. The van der Waals surface area contributed by atoms with Crippen LogP contribution in [-0.4, -0.2) is 45.6 Å². The minimum atomic E-state index is -5.00. The van der Waals surface area contributed by atoms with Gasteiger partial charge in [0.25, 0.3) is 6.23 Å². The third kappa shape index (κ3) is 7.72. The molecule has 2 aliphatic heterocycles. The molecule has 2 atom stereocenters. The minimum absolute atomic E-state index is 0.212. The lowest BCUT2D eigenvalue weighted by Crippen LogP contribution is -3.10. The number of ether oxygens (including phenoxy) is 2. The second-order valence-electron chi connectivity index (χ2n) is 10.6. The van der Waals surface area contributed by atoms with Gasteiger partial charge in [0.1, 0.15) is 6.73 Å². The highest BCUT2D eigenvalue weighted by molar-refractivity contribution is 7.81. The van der Waals surface area contributed by atoms with Crippen LogP contribution in [0, 0.1) is 0 Å². The van der Waals surface area contributed by atoms with Crippen molar-refractivity contribution in [2.45, 2.75) is 19.6 Å². The van der Waals surface area contributed by atoms with Gasteiger partial charge in [-0.05, 0) is 52.4 Å². The first-order valence-corrected chi connectivity index (χ1v) is 17.2. The molecule has 0 amide bonds. The largest absolute Gasteiger partial charge is 0.725 e. The van der Waals surface area contributed by atoms with Crippen LogP contribution in [0.2, 0.25) is 0 Å². The van der Waals surface area contributed by atoms with E-state index in [1.54, 1.807) is 24.3 Å². The van der Waals surface area contributed by atoms with Crippen LogP contribution in [0.25, 0.3) is 22.3 Å². The van der Waals surface area contributed by atoms with Crippen LogP contribution in [0.15, 0.2) is 121 Å². The fourth-order valence-corrected chi connectivity index (χ4v) is 5.89. The van der Waals surface area contributed by atoms with Crippen molar-refractivity contribution < 1.29 is 48.7 Å². The van der Waals surface area contributed by atoms with E-state index in [2.05, 4.69) is 0 Å². The van der Waals surface area contributed by atoms with Crippen molar-refractivity contribution in [3.8, 4) is 33.8 Å². The number of benzene rings is 4. The van der Waals surface area contributed by atoms with Crippen LogP contribution in [0.1, 0.15) is 13.3 Å². The van der Waals surface area contributed by atoms with Crippen LogP contribution in [0.4, 0.5) is 11.4 Å². The summed E-state index contributed by atoms with van der Waals surface area (Å²) < 4.78 is 88.5. The summed E-state index contributed by atoms with van der Waals surface area (Å²) in [6.45, 7) is 0.781. The van der Waals surface area contributed by atoms with Crippen molar-refractivity contribution in [2.24, 2.45) is 0 Å². The molecule has 2 heterocycles. The SMILES string of the molecule is CCC(=C/C1Oc2ccc(-c3ccccc3)cc2[NH+]1COS(=O)(=O)[O-])/C=C1/Oc2ccc(-c3ccccc3)cc2N1COS(=O)(=O)O. The molecule has 12 nitrogen and oxygen atoms in total. The summed E-state index contributed by atoms with van der Waals surface area (Å²) in [5.41, 5.74) is 5.34. The third-order valence-corrected chi connectivity index (χ3v) is 8.45.